The molecule has 1 unspecified atom stereocenters. The maximum atomic E-state index is 11.5. The van der Waals surface area contributed by atoms with Gasteiger partial charge in [0.1, 0.15) is 0 Å². The first-order chi connectivity index (χ1) is 10.5. The van der Waals surface area contributed by atoms with E-state index < -0.39 is 9.84 Å². The van der Waals surface area contributed by atoms with E-state index in [1.54, 1.807) is 0 Å². The lowest BCUT2D eigenvalue weighted by Crippen LogP contribution is -2.44. The minimum absolute atomic E-state index is 0. The van der Waals surface area contributed by atoms with E-state index in [9.17, 15) is 8.42 Å². The van der Waals surface area contributed by atoms with Gasteiger partial charge in [-0.05, 0) is 45.8 Å². The molecule has 138 valence electrons. The van der Waals surface area contributed by atoms with Gasteiger partial charge in [0.15, 0.2) is 15.8 Å². The summed E-state index contributed by atoms with van der Waals surface area (Å²) in [4.78, 5) is 6.97. The van der Waals surface area contributed by atoms with Crippen molar-refractivity contribution in [2.24, 2.45) is 4.99 Å². The van der Waals surface area contributed by atoms with Gasteiger partial charge in [0.2, 0.25) is 0 Å². The van der Waals surface area contributed by atoms with Crippen molar-refractivity contribution in [1.29, 1.82) is 0 Å². The van der Waals surface area contributed by atoms with Crippen LogP contribution in [0, 0.1) is 0 Å². The lowest BCUT2D eigenvalue weighted by Gasteiger charge is -2.17. The predicted octanol–water partition coefficient (Wildman–Crippen LogP) is 1.47. The average molecular weight is 460 g/mol. The molecule has 0 bridgehead atoms. The van der Waals surface area contributed by atoms with E-state index in [1.165, 1.54) is 0 Å². The van der Waals surface area contributed by atoms with Crippen molar-refractivity contribution in [2.75, 3.05) is 44.2 Å². The van der Waals surface area contributed by atoms with Crippen LogP contribution in [-0.4, -0.2) is 69.5 Å². The molecule has 0 aliphatic carbocycles. The number of guanidine groups is 1. The minimum atomic E-state index is -2.85. The Hall–Kier alpha value is -0.0900. The summed E-state index contributed by atoms with van der Waals surface area (Å²) >= 11 is 0. The third kappa shape index (κ3) is 9.71. The number of aliphatic imine (C=N–C) groups is 1. The van der Waals surface area contributed by atoms with E-state index in [4.69, 9.17) is 0 Å². The maximum Gasteiger partial charge on any atom is 0.191 e. The predicted molar refractivity (Wildman–Crippen MR) is 109 cm³/mol. The molecule has 0 radical (unpaired) electrons. The molecule has 6 nitrogen and oxygen atoms in total. The van der Waals surface area contributed by atoms with E-state index in [1.807, 2.05) is 6.92 Å². The fourth-order valence-corrected chi connectivity index (χ4v) is 4.27. The first-order valence-electron chi connectivity index (χ1n) is 8.48. The topological polar surface area (TPSA) is 73.8 Å². The Balaban J connectivity index is 0.00000484. The summed E-state index contributed by atoms with van der Waals surface area (Å²) in [5.74, 6) is 1.25. The fourth-order valence-electron chi connectivity index (χ4n) is 2.60. The molecule has 1 heterocycles. The van der Waals surface area contributed by atoms with Gasteiger partial charge in [-0.3, -0.25) is 4.99 Å². The van der Waals surface area contributed by atoms with Crippen LogP contribution in [0.5, 0.6) is 0 Å². The smallest absolute Gasteiger partial charge is 0.191 e. The molecule has 0 aromatic heterocycles. The lowest BCUT2D eigenvalue weighted by atomic mass is 10.3. The second-order valence-corrected chi connectivity index (χ2v) is 7.97. The number of unbranched alkanes of at least 4 members (excludes halogenated alkanes) is 1. The minimum Gasteiger partial charge on any atom is -0.357 e. The highest BCUT2D eigenvalue weighted by Gasteiger charge is 2.28. The van der Waals surface area contributed by atoms with Crippen LogP contribution in [0.15, 0.2) is 4.99 Å². The molecule has 1 aliphatic heterocycles. The van der Waals surface area contributed by atoms with Gasteiger partial charge in [-0.25, -0.2) is 8.42 Å². The monoisotopic (exact) mass is 460 g/mol. The molecule has 1 saturated heterocycles. The molecule has 0 aromatic carbocycles. The summed E-state index contributed by atoms with van der Waals surface area (Å²) in [7, 11) is -2.85. The van der Waals surface area contributed by atoms with Crippen molar-refractivity contribution in [3.05, 3.63) is 0 Å². The molecule has 0 saturated carbocycles. The number of halogens is 1. The van der Waals surface area contributed by atoms with E-state index >= 15 is 0 Å². The number of hydrogen-bond acceptors (Lipinski definition) is 4. The number of sulfone groups is 1. The molecule has 1 rings (SSSR count). The van der Waals surface area contributed by atoms with Gasteiger partial charge in [0.05, 0.1) is 11.5 Å². The van der Waals surface area contributed by atoms with Crippen LogP contribution in [0.2, 0.25) is 0 Å². The van der Waals surface area contributed by atoms with Gasteiger partial charge in [0.25, 0.3) is 0 Å². The van der Waals surface area contributed by atoms with Gasteiger partial charge in [-0.1, -0.05) is 13.8 Å². The van der Waals surface area contributed by atoms with Gasteiger partial charge in [0, 0.05) is 19.1 Å². The van der Waals surface area contributed by atoms with Crippen LogP contribution in [0.4, 0.5) is 0 Å². The summed E-state index contributed by atoms with van der Waals surface area (Å²) in [5.41, 5.74) is 0. The Labute approximate surface area is 158 Å². The third-order valence-electron chi connectivity index (χ3n) is 3.96. The summed E-state index contributed by atoms with van der Waals surface area (Å²) in [6.07, 6.45) is 2.87. The van der Waals surface area contributed by atoms with Crippen molar-refractivity contribution in [2.45, 2.75) is 46.1 Å². The molecule has 1 fully saturated rings. The SMILES string of the molecule is CCNC(=NCCCCN(CC)CC)NC1CCS(=O)(=O)C1.I. The van der Waals surface area contributed by atoms with Crippen LogP contribution in [-0.2, 0) is 9.84 Å². The molecule has 1 aliphatic rings. The van der Waals surface area contributed by atoms with E-state index in [0.29, 0.717) is 6.42 Å². The van der Waals surface area contributed by atoms with Gasteiger partial charge in [-0.15, -0.1) is 24.0 Å². The third-order valence-corrected chi connectivity index (χ3v) is 5.73. The van der Waals surface area contributed by atoms with Crippen LogP contribution in [0.25, 0.3) is 0 Å². The van der Waals surface area contributed by atoms with Gasteiger partial charge >= 0.3 is 0 Å². The largest absolute Gasteiger partial charge is 0.357 e. The number of nitrogens with one attached hydrogen (secondary N) is 2. The summed E-state index contributed by atoms with van der Waals surface area (Å²) in [5, 5.41) is 6.44. The van der Waals surface area contributed by atoms with E-state index in [0.717, 1.165) is 51.5 Å². The molecular weight excluding hydrogens is 427 g/mol. The van der Waals surface area contributed by atoms with E-state index in [-0.39, 0.29) is 41.5 Å². The Kier molecular flexibility index (Phi) is 12.2. The van der Waals surface area contributed by atoms with Crippen molar-refractivity contribution in [1.82, 2.24) is 15.5 Å². The normalized spacial score (nSPS) is 20.3. The zero-order chi connectivity index (χ0) is 16.4. The first kappa shape index (κ1) is 22.9. The second kappa shape index (κ2) is 12.3. The molecule has 2 N–H and O–H groups in total. The second-order valence-electron chi connectivity index (χ2n) is 5.74. The molecule has 23 heavy (non-hydrogen) atoms. The summed E-state index contributed by atoms with van der Waals surface area (Å²) in [6, 6.07) is -0.00141. The highest BCUT2D eigenvalue weighted by molar-refractivity contribution is 14.0. The summed E-state index contributed by atoms with van der Waals surface area (Å²) in [6.45, 7) is 11.3. The lowest BCUT2D eigenvalue weighted by molar-refractivity contribution is 0.297. The Bertz CT molecular complexity index is 439. The Morgan fingerprint density at radius 2 is 1.91 bits per heavy atom. The quantitative estimate of drug-likeness (QED) is 0.236. The summed E-state index contributed by atoms with van der Waals surface area (Å²) < 4.78 is 23.0. The number of hydrogen-bond donors (Lipinski definition) is 2. The van der Waals surface area contributed by atoms with E-state index in [2.05, 4.69) is 34.4 Å². The van der Waals surface area contributed by atoms with Crippen LogP contribution in [0.3, 0.4) is 0 Å². The first-order valence-corrected chi connectivity index (χ1v) is 10.3. The highest BCUT2D eigenvalue weighted by atomic mass is 127. The van der Waals surface area contributed by atoms with Crippen molar-refractivity contribution in [3.63, 3.8) is 0 Å². The molecular formula is C15H33IN4O2S. The molecule has 0 aromatic rings. The van der Waals surface area contributed by atoms with Crippen molar-refractivity contribution >= 4 is 39.8 Å². The van der Waals surface area contributed by atoms with Crippen LogP contribution < -0.4 is 10.6 Å². The average Bonchev–Trinajstić information content (AvgIpc) is 2.82. The number of rotatable bonds is 9. The maximum absolute atomic E-state index is 11.5. The molecule has 0 spiro atoms. The van der Waals surface area contributed by atoms with Crippen molar-refractivity contribution in [3.8, 4) is 0 Å². The van der Waals surface area contributed by atoms with Crippen molar-refractivity contribution < 1.29 is 8.42 Å². The molecule has 0 amide bonds. The number of nitrogens with zero attached hydrogens (tertiary/aromatic N) is 2. The van der Waals surface area contributed by atoms with Crippen LogP contribution in [0.1, 0.15) is 40.0 Å². The zero-order valence-electron chi connectivity index (χ0n) is 14.7. The fraction of sp³-hybridized carbons (Fsp3) is 0.933. The van der Waals surface area contributed by atoms with Gasteiger partial charge in [-0.2, -0.15) is 0 Å². The Morgan fingerprint density at radius 1 is 1.22 bits per heavy atom. The molecule has 1 atom stereocenters. The Morgan fingerprint density at radius 3 is 2.43 bits per heavy atom. The molecule has 8 heteroatoms. The van der Waals surface area contributed by atoms with Crippen LogP contribution >= 0.6 is 24.0 Å². The standard InChI is InChI=1S/C15H32N4O2S.HI/c1-4-16-15(18-14-9-12-22(20,21)13-14)17-10-7-8-11-19(5-2)6-3;/h14H,4-13H2,1-3H3,(H2,16,17,18);1H. The zero-order valence-corrected chi connectivity index (χ0v) is 17.8. The highest BCUT2D eigenvalue weighted by Crippen LogP contribution is 2.10. The van der Waals surface area contributed by atoms with Gasteiger partial charge < -0.3 is 15.5 Å².